The largest absolute Gasteiger partial charge is 0.456 e. The van der Waals surface area contributed by atoms with Crippen LogP contribution in [0.2, 0.25) is 0 Å². The fourth-order valence-electron chi connectivity index (χ4n) is 15.8. The number of nitrogens with zero attached hydrogens (tertiary/aromatic N) is 2. The SMILES string of the molecule is CC1(c2ccc3c(ccc4c5ccc6oc7cccc(N(c8ccccc8)c8ccc(-c9ccccc9-c9ccccc9)cc8)c7c6c5sc34)c2)c2ccccc2-c2ccc(N(c3ccccc3)c3cccc4oc5ccc6c7ccc8ccccc8c7sc6c5c34)cc21. The van der Waals surface area contributed by atoms with E-state index in [0.29, 0.717) is 0 Å². The molecule has 20 rings (SSSR count). The van der Waals surface area contributed by atoms with E-state index in [1.54, 1.807) is 0 Å². The molecule has 0 amide bonds. The van der Waals surface area contributed by atoms with E-state index in [9.17, 15) is 0 Å². The Hall–Kier alpha value is -11.5. The van der Waals surface area contributed by atoms with Crippen LogP contribution in [0, 0.1) is 0 Å². The first-order valence-corrected chi connectivity index (χ1v) is 33.7. The first-order valence-electron chi connectivity index (χ1n) is 32.1. The molecule has 0 aliphatic heterocycles. The van der Waals surface area contributed by atoms with Gasteiger partial charge in [-0.1, -0.05) is 206 Å². The Kier molecular flexibility index (Phi) is 11.6. The first-order chi connectivity index (χ1) is 46.5. The highest BCUT2D eigenvalue weighted by Crippen LogP contribution is 2.57. The van der Waals surface area contributed by atoms with Gasteiger partial charge < -0.3 is 18.6 Å². The molecule has 0 fully saturated rings. The van der Waals surface area contributed by atoms with Crippen LogP contribution in [0.3, 0.4) is 0 Å². The van der Waals surface area contributed by atoms with Crippen molar-refractivity contribution in [3.63, 3.8) is 0 Å². The maximum Gasteiger partial charge on any atom is 0.137 e. The Labute approximate surface area is 549 Å². The van der Waals surface area contributed by atoms with Crippen molar-refractivity contribution in [3.8, 4) is 33.4 Å². The molecule has 4 heterocycles. The van der Waals surface area contributed by atoms with Gasteiger partial charge in [0.25, 0.3) is 0 Å². The fraction of sp³-hybridized carbons (Fsp3) is 0.0227. The average Bonchev–Trinajstić information content (AvgIpc) is 1.55. The zero-order valence-electron chi connectivity index (χ0n) is 51.0. The maximum absolute atomic E-state index is 6.90. The summed E-state index contributed by atoms with van der Waals surface area (Å²) in [5.74, 6) is 0. The number of benzene rings is 15. The number of hydrogen-bond donors (Lipinski definition) is 0. The number of fused-ring (bicyclic) bond motifs is 21. The summed E-state index contributed by atoms with van der Waals surface area (Å²) in [5.41, 5.74) is 20.6. The van der Waals surface area contributed by atoms with Gasteiger partial charge in [0.15, 0.2) is 0 Å². The zero-order valence-corrected chi connectivity index (χ0v) is 52.6. The van der Waals surface area contributed by atoms with Crippen LogP contribution in [0.1, 0.15) is 23.6 Å². The van der Waals surface area contributed by atoms with E-state index < -0.39 is 5.41 Å². The summed E-state index contributed by atoms with van der Waals surface area (Å²) in [5, 5.41) is 14.5. The van der Waals surface area contributed by atoms with Crippen LogP contribution in [0.5, 0.6) is 0 Å². The van der Waals surface area contributed by atoms with Crippen LogP contribution in [0.4, 0.5) is 34.1 Å². The number of para-hydroxylation sites is 2. The van der Waals surface area contributed by atoms with Crippen molar-refractivity contribution in [2.75, 3.05) is 9.80 Å². The van der Waals surface area contributed by atoms with Crippen molar-refractivity contribution in [1.82, 2.24) is 0 Å². The van der Waals surface area contributed by atoms with E-state index in [-0.39, 0.29) is 0 Å². The molecule has 1 aliphatic rings. The molecule has 4 aromatic heterocycles. The van der Waals surface area contributed by atoms with Gasteiger partial charge in [-0.05, 0) is 182 Å². The van der Waals surface area contributed by atoms with E-state index in [2.05, 4.69) is 326 Å². The third-order valence-corrected chi connectivity index (χ3v) is 22.7. The van der Waals surface area contributed by atoms with Crippen LogP contribution in [-0.4, -0.2) is 0 Å². The van der Waals surface area contributed by atoms with Gasteiger partial charge in [-0.2, -0.15) is 0 Å². The van der Waals surface area contributed by atoms with Crippen LogP contribution in [-0.2, 0) is 5.41 Å². The zero-order chi connectivity index (χ0) is 61.8. The Bertz CT molecular complexity index is 6320. The fourth-order valence-corrected chi connectivity index (χ4v) is 18.5. The molecule has 0 radical (unpaired) electrons. The second-order valence-electron chi connectivity index (χ2n) is 25.1. The van der Waals surface area contributed by atoms with Crippen LogP contribution >= 0.6 is 22.7 Å². The van der Waals surface area contributed by atoms with Gasteiger partial charge in [0.05, 0.1) is 22.1 Å². The summed E-state index contributed by atoms with van der Waals surface area (Å²) in [6.07, 6.45) is 0. The summed E-state index contributed by atoms with van der Waals surface area (Å²) in [6, 6.07) is 113. The second kappa shape index (κ2) is 20.5. The number of thiophene rings is 2. The minimum Gasteiger partial charge on any atom is -0.456 e. The summed E-state index contributed by atoms with van der Waals surface area (Å²) >= 11 is 3.76. The molecular weight excluding hydrogens is 1180 g/mol. The lowest BCUT2D eigenvalue weighted by Gasteiger charge is -2.31. The quantitative estimate of drug-likeness (QED) is 0.144. The second-order valence-corrected chi connectivity index (χ2v) is 27.1. The predicted molar refractivity (Wildman–Crippen MR) is 399 cm³/mol. The van der Waals surface area contributed by atoms with Gasteiger partial charge in [0.1, 0.15) is 22.3 Å². The van der Waals surface area contributed by atoms with Gasteiger partial charge in [-0.25, -0.2) is 0 Å². The Morgan fingerprint density at radius 3 is 1.35 bits per heavy atom. The first kappa shape index (κ1) is 53.2. The van der Waals surface area contributed by atoms with E-state index in [0.717, 1.165) is 78.0 Å². The highest BCUT2D eigenvalue weighted by Gasteiger charge is 2.42. The van der Waals surface area contributed by atoms with E-state index in [1.807, 2.05) is 22.7 Å². The van der Waals surface area contributed by atoms with Crippen molar-refractivity contribution in [1.29, 1.82) is 0 Å². The summed E-state index contributed by atoms with van der Waals surface area (Å²) in [7, 11) is 0. The lowest BCUT2D eigenvalue weighted by molar-refractivity contribution is 0.669. The lowest BCUT2D eigenvalue weighted by atomic mass is 9.73. The van der Waals surface area contributed by atoms with Gasteiger partial charge in [0.2, 0.25) is 0 Å². The van der Waals surface area contributed by atoms with Crippen molar-refractivity contribution in [2.24, 2.45) is 0 Å². The number of hydrogen-bond acceptors (Lipinski definition) is 6. The van der Waals surface area contributed by atoms with Crippen molar-refractivity contribution in [2.45, 2.75) is 12.3 Å². The van der Waals surface area contributed by atoms with E-state index in [4.69, 9.17) is 8.83 Å². The Morgan fingerprint density at radius 1 is 0.277 bits per heavy atom. The number of furan rings is 2. The number of rotatable bonds is 9. The molecule has 1 atom stereocenters. The summed E-state index contributed by atoms with van der Waals surface area (Å²) in [6.45, 7) is 2.44. The molecule has 0 bridgehead atoms. The van der Waals surface area contributed by atoms with Crippen molar-refractivity contribution < 1.29 is 8.83 Å². The van der Waals surface area contributed by atoms with Crippen LogP contribution in [0.15, 0.2) is 318 Å². The molecule has 0 saturated heterocycles. The van der Waals surface area contributed by atoms with Gasteiger partial charge >= 0.3 is 0 Å². The van der Waals surface area contributed by atoms with Crippen LogP contribution < -0.4 is 9.80 Å². The molecule has 440 valence electrons. The van der Waals surface area contributed by atoms with Gasteiger partial charge in [-0.3, -0.25) is 0 Å². The smallest absolute Gasteiger partial charge is 0.137 e. The summed E-state index contributed by atoms with van der Waals surface area (Å²) in [4.78, 5) is 4.84. The highest BCUT2D eigenvalue weighted by atomic mass is 32.1. The van der Waals surface area contributed by atoms with Crippen LogP contribution in [0.25, 0.3) is 139 Å². The molecule has 6 heteroatoms. The molecular formula is C88H54N2O2S2. The normalized spacial score (nSPS) is 13.8. The Balaban J connectivity index is 0.725. The van der Waals surface area contributed by atoms with Gasteiger partial charge in [0, 0.05) is 79.3 Å². The molecule has 19 aromatic rings. The topological polar surface area (TPSA) is 32.8 Å². The third kappa shape index (κ3) is 7.78. The Morgan fingerprint density at radius 2 is 0.723 bits per heavy atom. The predicted octanol–water partition coefficient (Wildman–Crippen LogP) is 26.1. The molecule has 0 saturated carbocycles. The molecule has 4 nitrogen and oxygen atoms in total. The minimum atomic E-state index is -0.496. The molecule has 0 spiro atoms. The third-order valence-electron chi connectivity index (χ3n) is 20.1. The molecule has 15 aromatic carbocycles. The highest BCUT2D eigenvalue weighted by molar-refractivity contribution is 7.28. The van der Waals surface area contributed by atoms with Crippen molar-refractivity contribution in [3.05, 3.63) is 326 Å². The maximum atomic E-state index is 6.90. The summed E-state index contributed by atoms with van der Waals surface area (Å²) < 4.78 is 18.8. The van der Waals surface area contributed by atoms with E-state index in [1.165, 1.54) is 112 Å². The van der Waals surface area contributed by atoms with Crippen molar-refractivity contribution >= 4 is 163 Å². The minimum absolute atomic E-state index is 0.496. The lowest BCUT2D eigenvalue weighted by Crippen LogP contribution is -2.23. The average molecular weight is 1240 g/mol. The monoisotopic (exact) mass is 1230 g/mol. The molecule has 1 unspecified atom stereocenters. The van der Waals surface area contributed by atoms with E-state index >= 15 is 0 Å². The molecule has 0 N–H and O–H groups in total. The standard InChI is InChI=1S/C88H54N2O2S2/c1-88(72-30-16-15-29-66(72)67-46-42-61(52-73(67)88)90(59-24-9-4-10-25-59)75-32-18-34-77-81(75)83-79(92-77)49-47-70-68-43-37-54-21-11-12-28-64(54)84(68)93-86(70)83)57-39-45-65-56(51-57)38-44-69-71-48-50-78-82(87(71)94-85(65)69)80-74(31-17-33-76(80)91-78)89(58-22-7-3-8-23-58)60-40-35-55(36-41-60)63-27-14-13-26-62(63)53-19-5-2-6-20-53/h2-52H,1H3. The molecule has 1 aliphatic carbocycles. The number of anilines is 6. The van der Waals surface area contributed by atoms with Gasteiger partial charge in [-0.15, -0.1) is 22.7 Å². The molecule has 94 heavy (non-hydrogen) atoms.